The monoisotopic (exact) mass is 329 g/mol. The van der Waals surface area contributed by atoms with Crippen LogP contribution in [0.1, 0.15) is 12.8 Å². The molecule has 9 heteroatoms. The zero-order chi connectivity index (χ0) is 15.9. The standard InChI is InChI=1S/C11H27NO6SSi/c1-12(2,7-5-9-19(14,15)16)8-6-10-20(11-13,17-3)18-4/h13H,5-11H2,1-4H3. The summed E-state index contributed by atoms with van der Waals surface area (Å²) in [5, 5.41) is 9.34. The van der Waals surface area contributed by atoms with Gasteiger partial charge in [-0.1, -0.05) is 0 Å². The average molecular weight is 329 g/mol. The molecule has 122 valence electrons. The second kappa shape index (κ2) is 8.42. The number of hydrogen-bond acceptors (Lipinski definition) is 6. The van der Waals surface area contributed by atoms with Crippen LogP contribution in [-0.4, -0.2) is 84.5 Å². The summed E-state index contributed by atoms with van der Waals surface area (Å²) in [6, 6.07) is 0.679. The molecular formula is C11H27NO6SSi. The lowest BCUT2D eigenvalue weighted by molar-refractivity contribution is -0.890. The number of hydrogen-bond donors (Lipinski definition) is 1. The molecular weight excluding hydrogens is 302 g/mol. The Bertz CT molecular complexity index is 361. The summed E-state index contributed by atoms with van der Waals surface area (Å²) in [5.74, 6) is -0.319. The molecule has 20 heavy (non-hydrogen) atoms. The van der Waals surface area contributed by atoms with Crippen molar-refractivity contribution in [2.24, 2.45) is 0 Å². The van der Waals surface area contributed by atoms with Gasteiger partial charge in [0.15, 0.2) is 0 Å². The second-order valence-corrected chi connectivity index (χ2v) is 10.6. The maximum Gasteiger partial charge on any atom is 0.364 e. The van der Waals surface area contributed by atoms with E-state index in [4.69, 9.17) is 8.85 Å². The molecule has 7 nitrogen and oxygen atoms in total. The lowest BCUT2D eigenvalue weighted by atomic mass is 10.3. The minimum absolute atomic E-state index is 0.0815. The van der Waals surface area contributed by atoms with Crippen molar-refractivity contribution in [3.63, 3.8) is 0 Å². The highest BCUT2D eigenvalue weighted by Gasteiger charge is 2.35. The molecule has 1 N–H and O–H groups in total. The molecule has 0 unspecified atom stereocenters. The number of aliphatic hydroxyl groups is 1. The number of rotatable bonds is 11. The van der Waals surface area contributed by atoms with Crippen LogP contribution in [0, 0.1) is 0 Å². The molecule has 0 aliphatic carbocycles. The fraction of sp³-hybridized carbons (Fsp3) is 1.00. The quantitative estimate of drug-likeness (QED) is 0.316. The van der Waals surface area contributed by atoms with Crippen LogP contribution in [-0.2, 0) is 19.0 Å². The molecule has 0 spiro atoms. The Morgan fingerprint density at radius 2 is 1.65 bits per heavy atom. The van der Waals surface area contributed by atoms with E-state index in [0.717, 1.165) is 13.0 Å². The zero-order valence-corrected chi connectivity index (χ0v) is 14.6. The maximum atomic E-state index is 10.6. The van der Waals surface area contributed by atoms with E-state index in [1.165, 1.54) is 0 Å². The van der Waals surface area contributed by atoms with Gasteiger partial charge < -0.3 is 23.0 Å². The Hall–Kier alpha value is -0.0331. The first-order chi connectivity index (χ1) is 9.10. The van der Waals surface area contributed by atoms with E-state index in [-0.39, 0.29) is 12.0 Å². The van der Waals surface area contributed by atoms with E-state index in [9.17, 15) is 18.1 Å². The van der Waals surface area contributed by atoms with Crippen molar-refractivity contribution in [3.8, 4) is 0 Å². The van der Waals surface area contributed by atoms with Crippen molar-refractivity contribution in [2.45, 2.75) is 18.9 Å². The van der Waals surface area contributed by atoms with Gasteiger partial charge in [0, 0.05) is 26.4 Å². The molecule has 0 heterocycles. The smallest absolute Gasteiger partial charge is 0.364 e. The van der Waals surface area contributed by atoms with E-state index in [0.29, 0.717) is 23.5 Å². The molecule has 0 saturated heterocycles. The molecule has 0 rings (SSSR count). The number of quaternary nitrogens is 1. The van der Waals surface area contributed by atoms with Gasteiger partial charge in [0.1, 0.15) is 0 Å². The lowest BCUT2D eigenvalue weighted by Crippen LogP contribution is -2.47. The fourth-order valence-electron chi connectivity index (χ4n) is 2.05. The van der Waals surface area contributed by atoms with Gasteiger partial charge in [0.25, 0.3) is 0 Å². The van der Waals surface area contributed by atoms with E-state index in [1.807, 2.05) is 14.1 Å². The predicted octanol–water partition coefficient (Wildman–Crippen LogP) is -0.345. The predicted molar refractivity (Wildman–Crippen MR) is 77.3 cm³/mol. The highest BCUT2D eigenvalue weighted by atomic mass is 32.2. The molecule has 0 bridgehead atoms. The van der Waals surface area contributed by atoms with E-state index in [1.54, 1.807) is 14.2 Å². The fourth-order valence-corrected chi connectivity index (χ4v) is 4.22. The van der Waals surface area contributed by atoms with Gasteiger partial charge in [-0.3, -0.25) is 0 Å². The summed E-state index contributed by atoms with van der Waals surface area (Å²) in [6.45, 7) is 1.43. The Labute approximate surface area is 123 Å². The molecule has 0 aromatic heterocycles. The summed E-state index contributed by atoms with van der Waals surface area (Å²) < 4.78 is 42.9. The topological polar surface area (TPSA) is 95.9 Å². The van der Waals surface area contributed by atoms with Crippen LogP contribution in [0.4, 0.5) is 0 Å². The Morgan fingerprint density at radius 3 is 2.05 bits per heavy atom. The van der Waals surface area contributed by atoms with Crippen LogP contribution in [0.5, 0.6) is 0 Å². The van der Waals surface area contributed by atoms with Gasteiger partial charge in [-0.2, -0.15) is 0 Å². The Morgan fingerprint density at radius 1 is 1.15 bits per heavy atom. The van der Waals surface area contributed by atoms with Crippen molar-refractivity contribution in [1.29, 1.82) is 0 Å². The maximum absolute atomic E-state index is 10.6. The minimum atomic E-state index is -4.13. The van der Waals surface area contributed by atoms with Crippen LogP contribution in [0.15, 0.2) is 0 Å². The van der Waals surface area contributed by atoms with Crippen LogP contribution >= 0.6 is 0 Å². The summed E-state index contributed by atoms with van der Waals surface area (Å²) >= 11 is 0. The van der Waals surface area contributed by atoms with Crippen LogP contribution < -0.4 is 0 Å². The van der Waals surface area contributed by atoms with Crippen LogP contribution in [0.25, 0.3) is 0 Å². The highest BCUT2D eigenvalue weighted by Crippen LogP contribution is 2.15. The van der Waals surface area contributed by atoms with Crippen LogP contribution in [0.3, 0.4) is 0 Å². The highest BCUT2D eigenvalue weighted by molar-refractivity contribution is 7.85. The van der Waals surface area contributed by atoms with E-state index in [2.05, 4.69) is 0 Å². The van der Waals surface area contributed by atoms with Gasteiger partial charge in [-0.25, -0.2) is 8.42 Å². The van der Waals surface area contributed by atoms with E-state index >= 15 is 0 Å². The SMILES string of the molecule is CO[Si](CO)(CCC[N+](C)(C)CCCS(=O)(=O)[O-])OC. The van der Waals surface area contributed by atoms with Gasteiger partial charge in [0.2, 0.25) is 0 Å². The molecule has 0 aromatic rings. The molecule has 0 amide bonds. The summed E-state index contributed by atoms with van der Waals surface area (Å²) in [5.41, 5.74) is 0. The summed E-state index contributed by atoms with van der Waals surface area (Å²) in [7, 11) is 0.457. The van der Waals surface area contributed by atoms with Gasteiger partial charge >= 0.3 is 8.56 Å². The van der Waals surface area contributed by atoms with Gasteiger partial charge in [-0.15, -0.1) is 0 Å². The molecule has 0 radical (unpaired) electrons. The Balaban J connectivity index is 4.15. The van der Waals surface area contributed by atoms with E-state index < -0.39 is 18.7 Å². The molecule has 0 aromatic carbocycles. The summed E-state index contributed by atoms with van der Waals surface area (Å²) in [6.07, 6.45) is 1.09. The normalized spacial score (nSPS) is 13.7. The molecule has 0 atom stereocenters. The van der Waals surface area contributed by atoms with Crippen molar-refractivity contribution in [1.82, 2.24) is 0 Å². The largest absolute Gasteiger partial charge is 0.748 e. The first-order valence-corrected chi connectivity index (χ1v) is 10.4. The Kier molecular flexibility index (Phi) is 8.41. The number of aliphatic hydroxyl groups excluding tert-OH is 1. The minimum Gasteiger partial charge on any atom is -0.748 e. The summed E-state index contributed by atoms with van der Waals surface area (Å²) in [4.78, 5) is 0. The van der Waals surface area contributed by atoms with Gasteiger partial charge in [-0.05, 0) is 12.5 Å². The average Bonchev–Trinajstić information content (AvgIpc) is 2.33. The van der Waals surface area contributed by atoms with Crippen molar-refractivity contribution < 1.29 is 31.4 Å². The zero-order valence-electron chi connectivity index (χ0n) is 12.8. The van der Waals surface area contributed by atoms with Gasteiger partial charge in [0.05, 0.1) is 43.5 Å². The molecule has 0 saturated carbocycles. The number of nitrogens with zero attached hydrogens (tertiary/aromatic N) is 1. The van der Waals surface area contributed by atoms with Crippen molar-refractivity contribution in [3.05, 3.63) is 0 Å². The molecule has 0 aliphatic heterocycles. The second-order valence-electron chi connectivity index (χ2n) is 5.58. The molecule has 0 fully saturated rings. The van der Waals surface area contributed by atoms with Crippen LogP contribution in [0.2, 0.25) is 6.04 Å². The third-order valence-electron chi connectivity index (χ3n) is 3.46. The lowest BCUT2D eigenvalue weighted by Gasteiger charge is -2.32. The first kappa shape index (κ1) is 20.0. The first-order valence-electron chi connectivity index (χ1n) is 6.56. The third-order valence-corrected chi connectivity index (χ3v) is 7.34. The molecule has 0 aliphatic rings. The van der Waals surface area contributed by atoms with Crippen molar-refractivity contribution >= 4 is 18.7 Å². The third kappa shape index (κ3) is 8.30. The van der Waals surface area contributed by atoms with Crippen molar-refractivity contribution in [2.75, 3.05) is 53.4 Å².